The lowest BCUT2D eigenvalue weighted by Gasteiger charge is -2.19. The number of aromatic nitrogens is 2. The first-order valence-corrected chi connectivity index (χ1v) is 8.25. The van der Waals surface area contributed by atoms with Crippen molar-refractivity contribution in [2.75, 3.05) is 25.0 Å². The second kappa shape index (κ2) is 7.31. The van der Waals surface area contributed by atoms with Crippen LogP contribution in [0.1, 0.15) is 24.4 Å². The van der Waals surface area contributed by atoms with Gasteiger partial charge in [-0.1, -0.05) is 26.0 Å². The first kappa shape index (κ1) is 16.3. The molecular weight excluding hydrogens is 304 g/mol. The lowest BCUT2D eigenvalue weighted by atomic mass is 10.3. The Morgan fingerprint density at radius 1 is 1.21 bits per heavy atom. The standard InChI is InChI=1S/C18H22N4O2/c1-3-21(4-2)11-12-22-15-9-6-5-8-14(15)19-18(22)20-17(23)16-10-7-13-24-16/h5-10,13H,3-4,11-12H2,1-2H3,(H,19,20,23). The van der Waals surface area contributed by atoms with Gasteiger partial charge in [-0.15, -0.1) is 0 Å². The number of para-hydroxylation sites is 2. The summed E-state index contributed by atoms with van der Waals surface area (Å²) < 4.78 is 7.21. The zero-order valence-corrected chi connectivity index (χ0v) is 14.0. The number of amides is 1. The van der Waals surface area contributed by atoms with Crippen molar-refractivity contribution in [1.29, 1.82) is 0 Å². The van der Waals surface area contributed by atoms with Gasteiger partial charge in [0.1, 0.15) is 0 Å². The fourth-order valence-electron chi connectivity index (χ4n) is 2.75. The van der Waals surface area contributed by atoms with Gasteiger partial charge in [-0.05, 0) is 37.4 Å². The molecular formula is C18H22N4O2. The van der Waals surface area contributed by atoms with Crippen LogP contribution in [0.5, 0.6) is 0 Å². The van der Waals surface area contributed by atoms with E-state index in [0.29, 0.717) is 5.95 Å². The van der Waals surface area contributed by atoms with Crippen LogP contribution in [-0.4, -0.2) is 40.0 Å². The highest BCUT2D eigenvalue weighted by Crippen LogP contribution is 2.20. The zero-order chi connectivity index (χ0) is 16.9. The van der Waals surface area contributed by atoms with Crippen LogP contribution < -0.4 is 5.32 Å². The molecule has 0 spiro atoms. The van der Waals surface area contributed by atoms with Crippen molar-refractivity contribution in [2.24, 2.45) is 0 Å². The Hall–Kier alpha value is -2.60. The van der Waals surface area contributed by atoms with Crippen LogP contribution >= 0.6 is 0 Å². The number of fused-ring (bicyclic) bond motifs is 1. The number of furan rings is 1. The van der Waals surface area contributed by atoms with Gasteiger partial charge in [0.15, 0.2) is 5.76 Å². The van der Waals surface area contributed by atoms with Crippen LogP contribution in [0.3, 0.4) is 0 Å². The highest BCUT2D eigenvalue weighted by molar-refractivity contribution is 6.02. The number of hydrogen-bond donors (Lipinski definition) is 1. The van der Waals surface area contributed by atoms with Crippen LogP contribution in [0.2, 0.25) is 0 Å². The van der Waals surface area contributed by atoms with Crippen LogP contribution in [-0.2, 0) is 6.54 Å². The van der Waals surface area contributed by atoms with Crippen molar-refractivity contribution >= 4 is 22.9 Å². The molecule has 0 fully saturated rings. The van der Waals surface area contributed by atoms with Crippen molar-refractivity contribution in [1.82, 2.24) is 14.5 Å². The van der Waals surface area contributed by atoms with Gasteiger partial charge in [0.25, 0.3) is 5.91 Å². The molecule has 6 heteroatoms. The van der Waals surface area contributed by atoms with Gasteiger partial charge >= 0.3 is 0 Å². The summed E-state index contributed by atoms with van der Waals surface area (Å²) in [7, 11) is 0. The molecule has 2 aromatic heterocycles. The molecule has 6 nitrogen and oxygen atoms in total. The number of carbonyl (C=O) groups excluding carboxylic acids is 1. The van der Waals surface area contributed by atoms with Crippen LogP contribution in [0, 0.1) is 0 Å². The minimum atomic E-state index is -0.292. The minimum absolute atomic E-state index is 0.275. The Kier molecular flexibility index (Phi) is 4.96. The van der Waals surface area contributed by atoms with Crippen molar-refractivity contribution in [3.63, 3.8) is 0 Å². The molecule has 0 unspecified atom stereocenters. The van der Waals surface area contributed by atoms with E-state index in [0.717, 1.165) is 37.2 Å². The molecule has 0 atom stereocenters. The van der Waals surface area contributed by atoms with E-state index in [2.05, 4.69) is 33.6 Å². The van der Waals surface area contributed by atoms with E-state index in [9.17, 15) is 4.79 Å². The number of hydrogen-bond acceptors (Lipinski definition) is 4. The Balaban J connectivity index is 1.88. The Bertz CT molecular complexity index is 804. The van der Waals surface area contributed by atoms with Crippen molar-refractivity contribution in [2.45, 2.75) is 20.4 Å². The third-order valence-corrected chi connectivity index (χ3v) is 4.16. The number of likely N-dealkylation sites (N-methyl/N-ethyl adjacent to an activating group) is 1. The molecule has 0 saturated carbocycles. The molecule has 3 rings (SSSR count). The Morgan fingerprint density at radius 2 is 2.00 bits per heavy atom. The number of nitrogens with zero attached hydrogens (tertiary/aromatic N) is 3. The van der Waals surface area contributed by atoms with E-state index in [1.54, 1.807) is 12.1 Å². The SMILES string of the molecule is CCN(CC)CCn1c(NC(=O)c2ccco2)nc2ccccc21. The number of anilines is 1. The van der Waals surface area contributed by atoms with E-state index in [1.807, 2.05) is 24.3 Å². The average molecular weight is 326 g/mol. The summed E-state index contributed by atoms with van der Waals surface area (Å²) in [5, 5.41) is 2.86. The number of nitrogens with one attached hydrogen (secondary N) is 1. The van der Waals surface area contributed by atoms with Gasteiger partial charge in [0.2, 0.25) is 5.95 Å². The smallest absolute Gasteiger partial charge is 0.293 e. The fraction of sp³-hybridized carbons (Fsp3) is 0.333. The lowest BCUT2D eigenvalue weighted by Crippen LogP contribution is -2.27. The summed E-state index contributed by atoms with van der Waals surface area (Å²) in [5.74, 6) is 0.529. The first-order valence-electron chi connectivity index (χ1n) is 8.25. The molecule has 126 valence electrons. The van der Waals surface area contributed by atoms with Crippen LogP contribution in [0.15, 0.2) is 47.1 Å². The maximum Gasteiger partial charge on any atom is 0.293 e. The van der Waals surface area contributed by atoms with E-state index >= 15 is 0 Å². The second-order valence-electron chi connectivity index (χ2n) is 5.53. The second-order valence-corrected chi connectivity index (χ2v) is 5.53. The molecule has 0 aliphatic heterocycles. The zero-order valence-electron chi connectivity index (χ0n) is 14.0. The summed E-state index contributed by atoms with van der Waals surface area (Å²) in [6.07, 6.45) is 1.48. The van der Waals surface area contributed by atoms with Crippen molar-refractivity contribution in [3.8, 4) is 0 Å². The molecule has 0 aliphatic rings. The molecule has 1 aromatic carbocycles. The largest absolute Gasteiger partial charge is 0.459 e. The highest BCUT2D eigenvalue weighted by atomic mass is 16.3. The molecule has 1 N–H and O–H groups in total. The normalized spacial score (nSPS) is 11.3. The topological polar surface area (TPSA) is 63.3 Å². The fourth-order valence-corrected chi connectivity index (χ4v) is 2.75. The molecule has 0 radical (unpaired) electrons. The lowest BCUT2D eigenvalue weighted by molar-refractivity contribution is 0.0995. The monoisotopic (exact) mass is 326 g/mol. The number of carbonyl (C=O) groups is 1. The maximum absolute atomic E-state index is 12.3. The predicted molar refractivity (Wildman–Crippen MR) is 94.2 cm³/mol. The van der Waals surface area contributed by atoms with E-state index < -0.39 is 0 Å². The Labute approximate surface area is 141 Å². The Morgan fingerprint density at radius 3 is 2.71 bits per heavy atom. The molecule has 3 aromatic rings. The van der Waals surface area contributed by atoms with E-state index in [4.69, 9.17) is 4.42 Å². The predicted octanol–water partition coefficient (Wildman–Crippen LogP) is 3.22. The van der Waals surface area contributed by atoms with Crippen molar-refractivity contribution in [3.05, 3.63) is 48.4 Å². The summed E-state index contributed by atoms with van der Waals surface area (Å²) >= 11 is 0. The van der Waals surface area contributed by atoms with Crippen LogP contribution in [0.25, 0.3) is 11.0 Å². The third-order valence-electron chi connectivity index (χ3n) is 4.16. The summed E-state index contributed by atoms with van der Waals surface area (Å²) in [4.78, 5) is 19.2. The van der Waals surface area contributed by atoms with E-state index in [-0.39, 0.29) is 11.7 Å². The van der Waals surface area contributed by atoms with Gasteiger partial charge < -0.3 is 13.9 Å². The number of imidazole rings is 1. The molecule has 2 heterocycles. The first-order chi connectivity index (χ1) is 11.7. The molecule has 1 amide bonds. The van der Waals surface area contributed by atoms with Gasteiger partial charge in [0, 0.05) is 13.1 Å². The van der Waals surface area contributed by atoms with Gasteiger partial charge in [-0.3, -0.25) is 10.1 Å². The molecule has 0 bridgehead atoms. The summed E-state index contributed by atoms with van der Waals surface area (Å²) in [5.41, 5.74) is 1.88. The number of rotatable bonds is 7. The third kappa shape index (κ3) is 3.33. The average Bonchev–Trinajstić information content (AvgIpc) is 3.24. The van der Waals surface area contributed by atoms with Gasteiger partial charge in [-0.2, -0.15) is 0 Å². The van der Waals surface area contributed by atoms with Gasteiger partial charge in [-0.25, -0.2) is 4.98 Å². The minimum Gasteiger partial charge on any atom is -0.459 e. The molecule has 24 heavy (non-hydrogen) atoms. The summed E-state index contributed by atoms with van der Waals surface area (Å²) in [6, 6.07) is 11.2. The molecule has 0 saturated heterocycles. The summed E-state index contributed by atoms with van der Waals surface area (Å²) in [6.45, 7) is 7.95. The highest BCUT2D eigenvalue weighted by Gasteiger charge is 2.16. The van der Waals surface area contributed by atoms with Crippen molar-refractivity contribution < 1.29 is 9.21 Å². The quantitative estimate of drug-likeness (QED) is 0.724. The molecule has 0 aliphatic carbocycles. The number of benzene rings is 1. The van der Waals surface area contributed by atoms with Gasteiger partial charge in [0.05, 0.1) is 17.3 Å². The van der Waals surface area contributed by atoms with Crippen LogP contribution in [0.4, 0.5) is 5.95 Å². The maximum atomic E-state index is 12.3. The van der Waals surface area contributed by atoms with E-state index in [1.165, 1.54) is 6.26 Å².